The van der Waals surface area contributed by atoms with Gasteiger partial charge in [-0.3, -0.25) is 4.79 Å². The zero-order chi connectivity index (χ0) is 23.4. The van der Waals surface area contributed by atoms with Crippen molar-refractivity contribution < 1.29 is 14.3 Å². The van der Waals surface area contributed by atoms with Crippen LogP contribution in [0.4, 0.5) is 23.1 Å². The zero-order valence-electron chi connectivity index (χ0n) is 19.0. The minimum atomic E-state index is -0.632. The van der Waals surface area contributed by atoms with E-state index >= 15 is 0 Å². The average Bonchev–Trinajstić information content (AvgIpc) is 2.80. The molecule has 0 atom stereocenters. The molecule has 1 aliphatic heterocycles. The van der Waals surface area contributed by atoms with E-state index in [2.05, 4.69) is 44.7 Å². The minimum absolute atomic E-state index is 0.172. The predicted octanol–water partition coefficient (Wildman–Crippen LogP) is 3.46. The number of nitrogens with one attached hydrogen (secondary N) is 2. The van der Waals surface area contributed by atoms with Gasteiger partial charge in [0.2, 0.25) is 5.95 Å². The van der Waals surface area contributed by atoms with Gasteiger partial charge in [-0.2, -0.15) is 4.98 Å². The van der Waals surface area contributed by atoms with Crippen LogP contribution in [0.15, 0.2) is 42.6 Å². The lowest BCUT2D eigenvalue weighted by atomic mass is 9.99. The summed E-state index contributed by atoms with van der Waals surface area (Å²) in [5, 5.41) is 6.39. The molecule has 4 rings (SSSR count). The third-order valence-corrected chi connectivity index (χ3v) is 5.47. The van der Waals surface area contributed by atoms with E-state index in [9.17, 15) is 4.79 Å². The van der Waals surface area contributed by atoms with Gasteiger partial charge in [-0.15, -0.1) is 0 Å². The quantitative estimate of drug-likeness (QED) is 0.480. The van der Waals surface area contributed by atoms with E-state index in [4.69, 9.17) is 15.2 Å². The van der Waals surface area contributed by atoms with Crippen molar-refractivity contribution in [3.8, 4) is 11.5 Å². The Balaban J connectivity index is 1.68. The molecule has 33 heavy (non-hydrogen) atoms. The molecule has 0 fully saturated rings. The van der Waals surface area contributed by atoms with E-state index in [-0.39, 0.29) is 11.4 Å². The number of ether oxygens (including phenoxy) is 2. The number of rotatable bonds is 8. The number of fused-ring (bicyclic) bond motifs is 1. The van der Waals surface area contributed by atoms with Crippen molar-refractivity contribution in [2.75, 3.05) is 37.9 Å². The lowest BCUT2D eigenvalue weighted by Gasteiger charge is -2.26. The second-order valence-corrected chi connectivity index (χ2v) is 7.81. The number of aromatic nitrogens is 2. The summed E-state index contributed by atoms with van der Waals surface area (Å²) in [4.78, 5) is 23.1. The fourth-order valence-electron chi connectivity index (χ4n) is 3.81. The Morgan fingerprint density at radius 1 is 1.15 bits per heavy atom. The molecular weight excluding hydrogens is 420 g/mol. The Bertz CT molecular complexity index is 1170. The molecule has 9 nitrogen and oxygen atoms in total. The van der Waals surface area contributed by atoms with Gasteiger partial charge in [0.05, 0.1) is 25.1 Å². The number of carbonyl (C=O) groups excluding carboxylic acids is 1. The van der Waals surface area contributed by atoms with Crippen LogP contribution in [0.2, 0.25) is 0 Å². The molecule has 2 aromatic carbocycles. The summed E-state index contributed by atoms with van der Waals surface area (Å²) in [6, 6.07) is 11.5. The summed E-state index contributed by atoms with van der Waals surface area (Å²) < 4.78 is 11.3. The minimum Gasteiger partial charge on any atom is -0.495 e. The van der Waals surface area contributed by atoms with Crippen molar-refractivity contribution in [1.29, 1.82) is 0 Å². The number of hydrogen-bond donors (Lipinski definition) is 3. The summed E-state index contributed by atoms with van der Waals surface area (Å²) in [6.07, 6.45) is 2.38. The zero-order valence-corrected chi connectivity index (χ0v) is 19.0. The van der Waals surface area contributed by atoms with Crippen LogP contribution in [0.25, 0.3) is 0 Å². The molecule has 1 aromatic heterocycles. The smallest absolute Gasteiger partial charge is 0.254 e. The molecular formula is C24H28N6O3. The number of para-hydroxylation sites is 2. The third kappa shape index (κ3) is 4.98. The van der Waals surface area contributed by atoms with Crippen molar-refractivity contribution in [1.82, 2.24) is 14.9 Å². The van der Waals surface area contributed by atoms with E-state index in [1.165, 1.54) is 17.3 Å². The van der Waals surface area contributed by atoms with Gasteiger partial charge in [0.1, 0.15) is 22.9 Å². The Kier molecular flexibility index (Phi) is 6.60. The highest BCUT2D eigenvalue weighted by molar-refractivity contribution is 5.98. The molecule has 0 unspecified atom stereocenters. The highest BCUT2D eigenvalue weighted by atomic mass is 16.5. The molecule has 1 amide bonds. The van der Waals surface area contributed by atoms with E-state index < -0.39 is 5.91 Å². The van der Waals surface area contributed by atoms with Gasteiger partial charge in [0.25, 0.3) is 5.91 Å². The maximum absolute atomic E-state index is 12.0. The van der Waals surface area contributed by atoms with Crippen LogP contribution in [0, 0.1) is 0 Å². The molecule has 0 saturated heterocycles. The summed E-state index contributed by atoms with van der Waals surface area (Å²) in [5.74, 6) is 1.30. The van der Waals surface area contributed by atoms with E-state index in [1.807, 2.05) is 31.2 Å². The van der Waals surface area contributed by atoms with Gasteiger partial charge < -0.3 is 30.7 Å². The Hall–Kier alpha value is -3.85. The van der Waals surface area contributed by atoms with Gasteiger partial charge in [0, 0.05) is 19.3 Å². The van der Waals surface area contributed by atoms with Crippen LogP contribution < -0.4 is 25.8 Å². The van der Waals surface area contributed by atoms with Gasteiger partial charge in [-0.25, -0.2) is 4.98 Å². The highest BCUT2D eigenvalue weighted by Crippen LogP contribution is 2.34. The molecule has 0 radical (unpaired) electrons. The molecule has 0 aliphatic carbocycles. The third-order valence-electron chi connectivity index (χ3n) is 5.47. The summed E-state index contributed by atoms with van der Waals surface area (Å²) in [6.45, 7) is 4.28. The molecule has 172 valence electrons. The number of primary amides is 1. The fraction of sp³-hybridized carbons (Fsp3) is 0.292. The number of carbonyl (C=O) groups is 1. The Morgan fingerprint density at radius 3 is 2.73 bits per heavy atom. The average molecular weight is 449 g/mol. The van der Waals surface area contributed by atoms with Crippen LogP contribution in [0.1, 0.15) is 28.4 Å². The number of amides is 1. The lowest BCUT2D eigenvalue weighted by Crippen LogP contribution is -2.26. The first-order chi connectivity index (χ1) is 16.0. The van der Waals surface area contributed by atoms with Crippen LogP contribution in [0.5, 0.6) is 11.5 Å². The molecule has 0 saturated carbocycles. The summed E-state index contributed by atoms with van der Waals surface area (Å²) in [5.41, 5.74) is 9.66. The first kappa shape index (κ1) is 22.3. The first-order valence-corrected chi connectivity index (χ1v) is 10.8. The van der Waals surface area contributed by atoms with Gasteiger partial charge in [-0.05, 0) is 55.8 Å². The van der Waals surface area contributed by atoms with E-state index in [0.29, 0.717) is 29.7 Å². The number of anilines is 4. The Labute approximate surface area is 192 Å². The molecule has 0 bridgehead atoms. The normalized spacial score (nSPS) is 13.2. The Morgan fingerprint density at radius 2 is 1.97 bits per heavy atom. The van der Waals surface area contributed by atoms with Crippen molar-refractivity contribution >= 4 is 29.0 Å². The second kappa shape index (κ2) is 9.74. The lowest BCUT2D eigenvalue weighted by molar-refractivity contribution is 0.100. The SMILES string of the molecule is CCOc1ccccc1Nc1nc(Nc2cc3c(cc2OC)CCN(C)C3)ncc1C(N)=O. The number of methoxy groups -OCH3 is 1. The molecule has 2 heterocycles. The molecule has 4 N–H and O–H groups in total. The fourth-order valence-corrected chi connectivity index (χ4v) is 3.81. The van der Waals surface area contributed by atoms with E-state index in [0.717, 1.165) is 25.2 Å². The predicted molar refractivity (Wildman–Crippen MR) is 128 cm³/mol. The number of nitrogens with two attached hydrogens (primary N) is 1. The summed E-state index contributed by atoms with van der Waals surface area (Å²) in [7, 11) is 3.74. The maximum atomic E-state index is 12.0. The summed E-state index contributed by atoms with van der Waals surface area (Å²) >= 11 is 0. The largest absolute Gasteiger partial charge is 0.495 e. The van der Waals surface area contributed by atoms with Gasteiger partial charge in [0.15, 0.2) is 0 Å². The standard InChI is InChI=1S/C24H28N6O3/c1-4-33-20-8-6-5-7-18(20)27-23-17(22(25)31)13-26-24(29-23)28-19-11-16-14-30(2)10-9-15(16)12-21(19)32-3/h5-8,11-13H,4,9-10,14H2,1-3H3,(H2,25,31)(H2,26,27,28,29). The number of nitrogens with zero attached hydrogens (tertiary/aromatic N) is 3. The molecule has 3 aromatic rings. The second-order valence-electron chi connectivity index (χ2n) is 7.81. The van der Waals surface area contributed by atoms with Gasteiger partial charge in [-0.1, -0.05) is 12.1 Å². The van der Waals surface area contributed by atoms with Crippen molar-refractivity contribution in [2.45, 2.75) is 19.9 Å². The molecule has 0 spiro atoms. The van der Waals surface area contributed by atoms with Crippen molar-refractivity contribution in [2.24, 2.45) is 5.73 Å². The van der Waals surface area contributed by atoms with Crippen LogP contribution in [0.3, 0.4) is 0 Å². The van der Waals surface area contributed by atoms with Crippen molar-refractivity contribution in [3.05, 3.63) is 59.3 Å². The maximum Gasteiger partial charge on any atom is 0.254 e. The number of hydrogen-bond acceptors (Lipinski definition) is 8. The highest BCUT2D eigenvalue weighted by Gasteiger charge is 2.19. The van der Waals surface area contributed by atoms with Gasteiger partial charge >= 0.3 is 0 Å². The van der Waals surface area contributed by atoms with Crippen LogP contribution >= 0.6 is 0 Å². The molecule has 1 aliphatic rings. The van der Waals surface area contributed by atoms with Crippen LogP contribution in [-0.2, 0) is 13.0 Å². The first-order valence-electron chi connectivity index (χ1n) is 10.8. The molecule has 9 heteroatoms. The van der Waals surface area contributed by atoms with Crippen molar-refractivity contribution in [3.63, 3.8) is 0 Å². The number of benzene rings is 2. The monoisotopic (exact) mass is 448 g/mol. The number of likely N-dealkylation sites (N-methyl/N-ethyl adjacent to an activating group) is 1. The topological polar surface area (TPSA) is 115 Å². The van der Waals surface area contributed by atoms with E-state index in [1.54, 1.807) is 7.11 Å². The van der Waals surface area contributed by atoms with Crippen LogP contribution in [-0.4, -0.2) is 48.1 Å².